The van der Waals surface area contributed by atoms with Gasteiger partial charge in [-0.05, 0) is 23.6 Å². The van der Waals surface area contributed by atoms with Gasteiger partial charge in [0.15, 0.2) is 0 Å². The van der Waals surface area contributed by atoms with Crippen LogP contribution in [0.25, 0.3) is 0 Å². The Morgan fingerprint density at radius 3 is 2.57 bits per heavy atom. The van der Waals surface area contributed by atoms with Crippen LogP contribution in [0.2, 0.25) is 0 Å². The number of rotatable bonds is 2. The number of carbonyl (C=O) groups is 1. The van der Waals surface area contributed by atoms with Gasteiger partial charge < -0.3 is 5.32 Å². The van der Waals surface area contributed by atoms with Crippen molar-refractivity contribution in [3.05, 3.63) is 35.1 Å². The standard InChI is InChI=1S/C11H14FNO.H2/c1-7(2)8-4-5-9(10(12)6-8)11(14)13-3;/h4-7H,1-3H3,(H,13,14);1H. The van der Waals surface area contributed by atoms with Crippen molar-refractivity contribution in [1.82, 2.24) is 5.32 Å². The maximum absolute atomic E-state index is 13.4. The zero-order valence-corrected chi connectivity index (χ0v) is 8.60. The Labute approximate surface area is 84.6 Å². The van der Waals surface area contributed by atoms with Crippen LogP contribution in [-0.2, 0) is 0 Å². The first-order valence-corrected chi connectivity index (χ1v) is 4.57. The Kier molecular flexibility index (Phi) is 3.23. The summed E-state index contributed by atoms with van der Waals surface area (Å²) in [4.78, 5) is 11.2. The molecule has 0 aliphatic heterocycles. The summed E-state index contributed by atoms with van der Waals surface area (Å²) in [5.74, 6) is -0.586. The summed E-state index contributed by atoms with van der Waals surface area (Å²) in [5, 5.41) is 2.39. The Hall–Kier alpha value is -1.38. The molecular formula is C11H16FNO. The van der Waals surface area contributed by atoms with Crippen molar-refractivity contribution in [2.45, 2.75) is 19.8 Å². The number of nitrogens with one attached hydrogen (secondary N) is 1. The zero-order chi connectivity index (χ0) is 10.7. The van der Waals surface area contributed by atoms with Crippen molar-refractivity contribution in [1.29, 1.82) is 0 Å². The highest BCUT2D eigenvalue weighted by Crippen LogP contribution is 2.17. The smallest absolute Gasteiger partial charge is 0.253 e. The van der Waals surface area contributed by atoms with E-state index >= 15 is 0 Å². The molecule has 1 rings (SSSR count). The molecule has 0 heterocycles. The van der Waals surface area contributed by atoms with Crippen LogP contribution in [0.4, 0.5) is 4.39 Å². The molecule has 0 aliphatic carbocycles. The predicted octanol–water partition coefficient (Wildman–Crippen LogP) is 2.55. The number of halogens is 1. The molecule has 3 heteroatoms. The molecule has 0 bridgehead atoms. The van der Waals surface area contributed by atoms with Crippen molar-refractivity contribution in [3.63, 3.8) is 0 Å². The molecule has 0 saturated carbocycles. The minimum absolute atomic E-state index is 0. The summed E-state index contributed by atoms with van der Waals surface area (Å²) in [6, 6.07) is 4.71. The first-order chi connectivity index (χ1) is 6.56. The summed E-state index contributed by atoms with van der Waals surface area (Å²) in [6.45, 7) is 3.96. The van der Waals surface area contributed by atoms with Crippen molar-refractivity contribution >= 4 is 5.91 Å². The summed E-state index contributed by atoms with van der Waals surface area (Å²) in [5.41, 5.74) is 0.993. The largest absolute Gasteiger partial charge is 0.355 e. The molecule has 0 spiro atoms. The van der Waals surface area contributed by atoms with E-state index in [2.05, 4.69) is 5.32 Å². The number of hydrogen-bond acceptors (Lipinski definition) is 1. The van der Waals surface area contributed by atoms with Crippen molar-refractivity contribution < 1.29 is 10.6 Å². The lowest BCUT2D eigenvalue weighted by Crippen LogP contribution is -2.19. The fraction of sp³-hybridized carbons (Fsp3) is 0.364. The maximum atomic E-state index is 13.4. The van der Waals surface area contributed by atoms with Crippen molar-refractivity contribution in [2.24, 2.45) is 0 Å². The molecule has 0 aromatic heterocycles. The van der Waals surface area contributed by atoms with Gasteiger partial charge in [0.2, 0.25) is 0 Å². The monoisotopic (exact) mass is 197 g/mol. The normalized spacial score (nSPS) is 10.4. The first-order valence-electron chi connectivity index (χ1n) is 4.57. The highest BCUT2D eigenvalue weighted by atomic mass is 19.1. The van der Waals surface area contributed by atoms with Gasteiger partial charge in [-0.15, -0.1) is 0 Å². The Morgan fingerprint density at radius 1 is 1.50 bits per heavy atom. The molecule has 78 valence electrons. The Bertz CT molecular complexity index is 352. The molecule has 0 unspecified atom stereocenters. The zero-order valence-electron chi connectivity index (χ0n) is 8.60. The Morgan fingerprint density at radius 2 is 2.14 bits per heavy atom. The van der Waals surface area contributed by atoms with Gasteiger partial charge in [-0.3, -0.25) is 4.79 Å². The molecular weight excluding hydrogens is 181 g/mol. The minimum atomic E-state index is -0.462. The first kappa shape index (κ1) is 10.7. The number of benzene rings is 1. The third kappa shape index (κ3) is 2.10. The summed E-state index contributed by atoms with van der Waals surface area (Å²) >= 11 is 0. The minimum Gasteiger partial charge on any atom is -0.355 e. The predicted molar refractivity (Wildman–Crippen MR) is 56.0 cm³/mol. The molecule has 1 N–H and O–H groups in total. The number of hydrogen-bond donors (Lipinski definition) is 1. The molecule has 1 amide bonds. The molecule has 2 nitrogen and oxygen atoms in total. The third-order valence-corrected chi connectivity index (χ3v) is 2.13. The van der Waals surface area contributed by atoms with Crippen LogP contribution in [0.1, 0.15) is 37.1 Å². The lowest BCUT2D eigenvalue weighted by Gasteiger charge is -2.07. The number of amides is 1. The number of carbonyl (C=O) groups excluding carboxylic acids is 1. The molecule has 0 atom stereocenters. The van der Waals surface area contributed by atoms with Gasteiger partial charge >= 0.3 is 0 Å². The average Bonchev–Trinajstić information content (AvgIpc) is 2.16. The topological polar surface area (TPSA) is 29.1 Å². The molecule has 1 aromatic rings. The molecule has 0 aliphatic rings. The maximum Gasteiger partial charge on any atom is 0.253 e. The van der Waals surface area contributed by atoms with Gasteiger partial charge in [0.05, 0.1) is 5.56 Å². The quantitative estimate of drug-likeness (QED) is 0.775. The van der Waals surface area contributed by atoms with Crippen LogP contribution < -0.4 is 5.32 Å². The van der Waals surface area contributed by atoms with Crippen LogP contribution in [0.5, 0.6) is 0 Å². The van der Waals surface area contributed by atoms with E-state index in [1.54, 1.807) is 6.07 Å². The second-order valence-corrected chi connectivity index (χ2v) is 3.47. The van der Waals surface area contributed by atoms with Gasteiger partial charge in [-0.1, -0.05) is 19.9 Å². The average molecular weight is 197 g/mol. The molecule has 0 saturated heterocycles. The van der Waals surface area contributed by atoms with Gasteiger partial charge in [0.25, 0.3) is 5.91 Å². The summed E-state index contributed by atoms with van der Waals surface area (Å²) < 4.78 is 13.4. The van der Waals surface area contributed by atoms with Gasteiger partial charge in [-0.2, -0.15) is 0 Å². The van der Waals surface area contributed by atoms with E-state index in [1.165, 1.54) is 19.2 Å². The second-order valence-electron chi connectivity index (χ2n) is 3.47. The fourth-order valence-corrected chi connectivity index (χ4v) is 1.21. The Balaban J connectivity index is 0.00000196. The van der Waals surface area contributed by atoms with Crippen LogP contribution in [0.15, 0.2) is 18.2 Å². The van der Waals surface area contributed by atoms with Gasteiger partial charge in [0, 0.05) is 8.47 Å². The lowest BCUT2D eigenvalue weighted by atomic mass is 10.0. The van der Waals surface area contributed by atoms with E-state index in [9.17, 15) is 9.18 Å². The van der Waals surface area contributed by atoms with E-state index in [0.29, 0.717) is 0 Å². The van der Waals surface area contributed by atoms with Crippen LogP contribution >= 0.6 is 0 Å². The lowest BCUT2D eigenvalue weighted by molar-refractivity contribution is 0.0959. The highest BCUT2D eigenvalue weighted by molar-refractivity contribution is 5.94. The molecule has 14 heavy (non-hydrogen) atoms. The SMILES string of the molecule is CNC(=O)c1ccc(C(C)C)cc1F.[HH]. The second kappa shape index (κ2) is 4.22. The van der Waals surface area contributed by atoms with Crippen molar-refractivity contribution in [2.75, 3.05) is 7.05 Å². The van der Waals surface area contributed by atoms with Crippen molar-refractivity contribution in [3.8, 4) is 0 Å². The van der Waals surface area contributed by atoms with E-state index in [4.69, 9.17) is 0 Å². The van der Waals surface area contributed by atoms with Crippen LogP contribution in [-0.4, -0.2) is 13.0 Å². The van der Waals surface area contributed by atoms with Gasteiger partial charge in [-0.25, -0.2) is 4.39 Å². The third-order valence-electron chi connectivity index (χ3n) is 2.13. The van der Waals surface area contributed by atoms with Crippen LogP contribution in [0.3, 0.4) is 0 Å². The van der Waals surface area contributed by atoms with Crippen LogP contribution in [0, 0.1) is 5.82 Å². The fourth-order valence-electron chi connectivity index (χ4n) is 1.21. The van der Waals surface area contributed by atoms with E-state index < -0.39 is 11.7 Å². The highest BCUT2D eigenvalue weighted by Gasteiger charge is 2.11. The summed E-state index contributed by atoms with van der Waals surface area (Å²) in [7, 11) is 1.48. The molecule has 1 aromatic carbocycles. The van der Waals surface area contributed by atoms with E-state index in [0.717, 1.165) is 5.56 Å². The molecule has 0 fully saturated rings. The molecule has 0 radical (unpaired) electrons. The summed E-state index contributed by atoms with van der Waals surface area (Å²) in [6.07, 6.45) is 0. The van der Waals surface area contributed by atoms with Gasteiger partial charge in [0.1, 0.15) is 5.82 Å². The van der Waals surface area contributed by atoms with E-state index in [1.807, 2.05) is 13.8 Å². The van der Waals surface area contributed by atoms with E-state index in [-0.39, 0.29) is 12.9 Å².